The van der Waals surface area contributed by atoms with Crippen molar-refractivity contribution in [2.75, 3.05) is 0 Å². The number of carboxylic acids is 1. The highest BCUT2D eigenvalue weighted by Crippen LogP contribution is 2.29. The number of carboxylic acid groups (broad SMARTS) is 1. The van der Waals surface area contributed by atoms with Crippen LogP contribution in [0.5, 0.6) is 0 Å². The Balaban J connectivity index is 2.73. The zero-order valence-electron chi connectivity index (χ0n) is 9.11. The molecule has 2 aromatic rings. The van der Waals surface area contributed by atoms with Gasteiger partial charge in [-0.3, -0.25) is 0 Å². The van der Waals surface area contributed by atoms with Gasteiger partial charge in [-0.15, -0.1) is 5.10 Å². The van der Waals surface area contributed by atoms with Crippen molar-refractivity contribution < 1.29 is 9.90 Å². The van der Waals surface area contributed by atoms with Crippen LogP contribution in [0.3, 0.4) is 0 Å². The molecule has 0 aliphatic heterocycles. The minimum atomic E-state index is -1.20. The Hall–Kier alpha value is -1.33. The summed E-state index contributed by atoms with van der Waals surface area (Å²) in [6.45, 7) is 3.07. The van der Waals surface area contributed by atoms with Crippen LogP contribution in [-0.4, -0.2) is 26.1 Å². The smallest absolute Gasteiger partial charge is 0.331 e. The van der Waals surface area contributed by atoms with E-state index in [2.05, 4.69) is 10.3 Å². The average Bonchev–Trinajstić information content (AvgIpc) is 2.62. The molecule has 0 fully saturated rings. The summed E-state index contributed by atoms with van der Waals surface area (Å²) in [5, 5.41) is 17.6. The number of halogens is 2. The number of hydrogen-bond acceptors (Lipinski definition) is 3. The first-order valence-electron chi connectivity index (χ1n) is 4.78. The molecule has 0 bridgehead atoms. The number of nitrogens with zero attached hydrogens (tertiary/aromatic N) is 3. The standard InChI is InChI=1S/C10H9Cl2N3O2/c1-10(2,9(16)17)15-8-4-6(12)5(11)3-7(8)13-14-15/h3-4H,1-2H3,(H,16,17). The van der Waals surface area contributed by atoms with Gasteiger partial charge in [0.05, 0.1) is 15.6 Å². The molecule has 0 saturated heterocycles. The van der Waals surface area contributed by atoms with E-state index in [1.165, 1.54) is 18.5 Å². The summed E-state index contributed by atoms with van der Waals surface area (Å²) < 4.78 is 1.31. The summed E-state index contributed by atoms with van der Waals surface area (Å²) in [5.74, 6) is -1.00. The molecule has 0 atom stereocenters. The molecule has 0 amide bonds. The van der Waals surface area contributed by atoms with Gasteiger partial charge in [0.25, 0.3) is 0 Å². The maximum atomic E-state index is 11.2. The van der Waals surface area contributed by atoms with E-state index in [-0.39, 0.29) is 0 Å². The number of hydrogen-bond donors (Lipinski definition) is 1. The largest absolute Gasteiger partial charge is 0.479 e. The van der Waals surface area contributed by atoms with Crippen molar-refractivity contribution in [2.45, 2.75) is 19.4 Å². The Morgan fingerprint density at radius 1 is 1.35 bits per heavy atom. The second-order valence-electron chi connectivity index (χ2n) is 4.12. The van der Waals surface area contributed by atoms with Crippen molar-refractivity contribution >= 4 is 40.2 Å². The zero-order chi connectivity index (χ0) is 12.8. The third kappa shape index (κ3) is 1.85. The van der Waals surface area contributed by atoms with Crippen LogP contribution in [0.15, 0.2) is 12.1 Å². The number of rotatable bonds is 2. The lowest BCUT2D eigenvalue weighted by atomic mass is 10.1. The fourth-order valence-corrected chi connectivity index (χ4v) is 1.74. The topological polar surface area (TPSA) is 68.0 Å². The summed E-state index contributed by atoms with van der Waals surface area (Å²) >= 11 is 11.7. The van der Waals surface area contributed by atoms with Gasteiger partial charge in [0.1, 0.15) is 5.52 Å². The lowest BCUT2D eigenvalue weighted by molar-refractivity contribution is -0.146. The monoisotopic (exact) mass is 273 g/mol. The molecule has 0 radical (unpaired) electrons. The molecule has 0 spiro atoms. The van der Waals surface area contributed by atoms with E-state index in [4.69, 9.17) is 28.3 Å². The lowest BCUT2D eigenvalue weighted by Gasteiger charge is -2.19. The Labute approximate surface area is 107 Å². The third-order valence-corrected chi connectivity index (χ3v) is 3.26. The van der Waals surface area contributed by atoms with Crippen LogP contribution >= 0.6 is 23.2 Å². The first-order chi connectivity index (χ1) is 7.84. The molecule has 1 heterocycles. The van der Waals surface area contributed by atoms with Gasteiger partial charge in [0.2, 0.25) is 0 Å². The van der Waals surface area contributed by atoms with Gasteiger partial charge in [-0.2, -0.15) is 0 Å². The van der Waals surface area contributed by atoms with Gasteiger partial charge in [-0.1, -0.05) is 28.4 Å². The molecule has 7 heteroatoms. The first-order valence-corrected chi connectivity index (χ1v) is 5.54. The van der Waals surface area contributed by atoms with Gasteiger partial charge in [-0.25, -0.2) is 9.48 Å². The van der Waals surface area contributed by atoms with Gasteiger partial charge in [0, 0.05) is 0 Å². The summed E-state index contributed by atoms with van der Waals surface area (Å²) in [4.78, 5) is 11.2. The van der Waals surface area contributed by atoms with E-state index in [0.29, 0.717) is 21.1 Å². The second kappa shape index (κ2) is 3.85. The van der Waals surface area contributed by atoms with Crippen LogP contribution in [0.1, 0.15) is 13.8 Å². The van der Waals surface area contributed by atoms with Crippen LogP contribution in [0.25, 0.3) is 11.0 Å². The average molecular weight is 274 g/mol. The van der Waals surface area contributed by atoms with Crippen molar-refractivity contribution in [3.05, 3.63) is 22.2 Å². The minimum Gasteiger partial charge on any atom is -0.479 e. The van der Waals surface area contributed by atoms with Crippen molar-refractivity contribution in [2.24, 2.45) is 0 Å². The minimum absolute atomic E-state index is 0.337. The SMILES string of the molecule is CC(C)(C(=O)O)n1nnc2cc(Cl)c(Cl)cc21. The van der Waals surface area contributed by atoms with Crippen molar-refractivity contribution in [1.82, 2.24) is 15.0 Å². The number of aliphatic carboxylic acids is 1. The van der Waals surface area contributed by atoms with E-state index >= 15 is 0 Å². The molecule has 1 aromatic heterocycles. The van der Waals surface area contributed by atoms with E-state index in [1.807, 2.05) is 0 Å². The molecule has 0 saturated carbocycles. The molecular weight excluding hydrogens is 265 g/mol. The second-order valence-corrected chi connectivity index (χ2v) is 4.93. The molecule has 17 heavy (non-hydrogen) atoms. The van der Waals surface area contributed by atoms with Gasteiger partial charge >= 0.3 is 5.97 Å². The number of benzene rings is 1. The lowest BCUT2D eigenvalue weighted by Crippen LogP contribution is -2.36. The highest BCUT2D eigenvalue weighted by atomic mass is 35.5. The summed E-state index contributed by atoms with van der Waals surface area (Å²) in [5.41, 5.74) is -0.160. The third-order valence-electron chi connectivity index (χ3n) is 2.54. The zero-order valence-corrected chi connectivity index (χ0v) is 10.6. The van der Waals surface area contributed by atoms with Gasteiger partial charge < -0.3 is 5.11 Å². The molecule has 1 aromatic carbocycles. The molecule has 2 rings (SSSR count). The predicted molar refractivity (Wildman–Crippen MR) is 64.5 cm³/mol. The first kappa shape index (κ1) is 12.1. The van der Waals surface area contributed by atoms with Crippen LogP contribution in [0, 0.1) is 0 Å². The maximum absolute atomic E-state index is 11.2. The van der Waals surface area contributed by atoms with Crippen LogP contribution in [0.2, 0.25) is 10.0 Å². The Bertz CT molecular complexity index is 607. The van der Waals surface area contributed by atoms with Crippen molar-refractivity contribution in [3.63, 3.8) is 0 Å². The summed E-state index contributed by atoms with van der Waals surface area (Å²) in [6.07, 6.45) is 0. The molecular formula is C10H9Cl2N3O2. The molecule has 5 nitrogen and oxygen atoms in total. The van der Waals surface area contributed by atoms with Crippen LogP contribution in [0.4, 0.5) is 0 Å². The quantitative estimate of drug-likeness (QED) is 0.913. The van der Waals surface area contributed by atoms with E-state index < -0.39 is 11.5 Å². The molecule has 0 aliphatic rings. The Morgan fingerprint density at radius 2 is 1.94 bits per heavy atom. The number of fused-ring (bicyclic) bond motifs is 1. The van der Waals surface area contributed by atoms with Crippen molar-refractivity contribution in [1.29, 1.82) is 0 Å². The molecule has 0 unspecified atom stereocenters. The van der Waals surface area contributed by atoms with E-state index in [0.717, 1.165) is 0 Å². The highest BCUT2D eigenvalue weighted by molar-refractivity contribution is 6.42. The Morgan fingerprint density at radius 3 is 2.53 bits per heavy atom. The van der Waals surface area contributed by atoms with Crippen LogP contribution in [-0.2, 0) is 10.3 Å². The molecule has 90 valence electrons. The maximum Gasteiger partial charge on any atom is 0.331 e. The number of carbonyl (C=O) groups is 1. The fourth-order valence-electron chi connectivity index (χ4n) is 1.42. The van der Waals surface area contributed by atoms with Gasteiger partial charge in [-0.05, 0) is 26.0 Å². The number of aromatic nitrogens is 3. The van der Waals surface area contributed by atoms with Crippen LogP contribution < -0.4 is 0 Å². The van der Waals surface area contributed by atoms with Crippen molar-refractivity contribution in [3.8, 4) is 0 Å². The highest BCUT2D eigenvalue weighted by Gasteiger charge is 2.32. The summed E-state index contributed by atoms with van der Waals surface area (Å²) in [7, 11) is 0. The normalized spacial score (nSPS) is 12.0. The molecule has 1 N–H and O–H groups in total. The van der Waals surface area contributed by atoms with Gasteiger partial charge in [0.15, 0.2) is 5.54 Å². The fraction of sp³-hybridized carbons (Fsp3) is 0.300. The van der Waals surface area contributed by atoms with E-state index in [1.54, 1.807) is 12.1 Å². The molecule has 0 aliphatic carbocycles. The van der Waals surface area contributed by atoms with E-state index in [9.17, 15) is 4.79 Å². The Kier molecular flexibility index (Phi) is 2.75. The summed E-state index contributed by atoms with van der Waals surface area (Å²) in [6, 6.07) is 3.12. The predicted octanol–water partition coefficient (Wildman–Crippen LogP) is 2.56.